The summed E-state index contributed by atoms with van der Waals surface area (Å²) < 4.78 is 5.71. The quantitative estimate of drug-likeness (QED) is 0.563. The summed E-state index contributed by atoms with van der Waals surface area (Å²) in [6.45, 7) is 0.392. The van der Waals surface area contributed by atoms with Crippen LogP contribution in [0.3, 0.4) is 0 Å². The van der Waals surface area contributed by atoms with Gasteiger partial charge in [0.1, 0.15) is 10.1 Å². The van der Waals surface area contributed by atoms with Crippen molar-refractivity contribution in [1.29, 1.82) is 0 Å². The maximum Gasteiger partial charge on any atom is 0.266 e. The Balaban J connectivity index is 1.51. The molecule has 1 saturated heterocycles. The lowest BCUT2D eigenvalue weighted by atomic mass is 10.2. The minimum atomic E-state index is -0.161. The third-order valence-electron chi connectivity index (χ3n) is 3.58. The van der Waals surface area contributed by atoms with Crippen LogP contribution in [0.25, 0.3) is 6.08 Å². The van der Waals surface area contributed by atoms with E-state index in [1.54, 1.807) is 48.7 Å². The number of anilines is 1. The Labute approximate surface area is 165 Å². The zero-order chi connectivity index (χ0) is 18.5. The molecule has 1 aromatic carbocycles. The minimum Gasteiger partial charge on any atom is -0.465 e. The van der Waals surface area contributed by atoms with E-state index < -0.39 is 0 Å². The lowest BCUT2D eigenvalue weighted by molar-refractivity contribution is -0.122. The highest BCUT2D eigenvalue weighted by Crippen LogP contribution is 2.32. The molecule has 134 valence electrons. The summed E-state index contributed by atoms with van der Waals surface area (Å²) in [6, 6.07) is 10.5. The molecule has 0 aliphatic carbocycles. The first kappa shape index (κ1) is 18.7. The number of amides is 2. The smallest absolute Gasteiger partial charge is 0.266 e. The lowest BCUT2D eigenvalue weighted by Crippen LogP contribution is -2.29. The fraction of sp³-hybridized carbons (Fsp3) is 0.167. The molecule has 0 saturated carbocycles. The number of halogens is 1. The van der Waals surface area contributed by atoms with Crippen molar-refractivity contribution < 1.29 is 14.0 Å². The van der Waals surface area contributed by atoms with Gasteiger partial charge in [-0.2, -0.15) is 0 Å². The molecule has 2 amide bonds. The van der Waals surface area contributed by atoms with Crippen molar-refractivity contribution in [1.82, 2.24) is 4.90 Å². The van der Waals surface area contributed by atoms with Crippen LogP contribution < -0.4 is 5.32 Å². The average molecular weight is 407 g/mol. The molecule has 1 aliphatic rings. The molecule has 1 fully saturated rings. The molecule has 2 heterocycles. The molecular formula is C18H15ClN2O3S2. The van der Waals surface area contributed by atoms with Crippen LogP contribution in [0.4, 0.5) is 5.69 Å². The maximum atomic E-state index is 12.4. The summed E-state index contributed by atoms with van der Waals surface area (Å²) >= 11 is 12.4. The van der Waals surface area contributed by atoms with Gasteiger partial charge in [-0.05, 0) is 36.8 Å². The Morgan fingerprint density at radius 3 is 2.92 bits per heavy atom. The molecule has 0 unspecified atom stereocenters. The summed E-state index contributed by atoms with van der Waals surface area (Å²) in [5, 5.41) is 3.34. The molecule has 8 heteroatoms. The molecule has 3 rings (SSSR count). The monoisotopic (exact) mass is 406 g/mol. The van der Waals surface area contributed by atoms with Gasteiger partial charge in [-0.1, -0.05) is 41.6 Å². The van der Waals surface area contributed by atoms with Gasteiger partial charge < -0.3 is 9.73 Å². The number of carbonyl (C=O) groups excluding carboxylic acids is 2. The fourth-order valence-electron chi connectivity index (χ4n) is 2.38. The van der Waals surface area contributed by atoms with E-state index in [1.807, 2.05) is 0 Å². The van der Waals surface area contributed by atoms with Crippen LogP contribution in [0.5, 0.6) is 0 Å². The summed E-state index contributed by atoms with van der Waals surface area (Å²) in [4.78, 5) is 26.5. The molecular weight excluding hydrogens is 392 g/mol. The first-order valence-electron chi connectivity index (χ1n) is 7.87. The fourth-order valence-corrected chi connectivity index (χ4v) is 3.86. The first-order valence-corrected chi connectivity index (χ1v) is 9.47. The second-order valence-corrected chi connectivity index (χ2v) is 7.62. The number of carbonyl (C=O) groups is 2. The standard InChI is InChI=1S/C18H15ClN2O3S2/c19-12-4-1-5-13(10-12)20-16(22)7-2-8-21-17(23)15(26-18(21)25)11-14-6-3-9-24-14/h1,3-6,9-11H,2,7-8H2,(H,20,22). The topological polar surface area (TPSA) is 62.6 Å². The van der Waals surface area contributed by atoms with Crippen LogP contribution >= 0.6 is 35.6 Å². The van der Waals surface area contributed by atoms with E-state index in [0.29, 0.717) is 38.7 Å². The van der Waals surface area contributed by atoms with Gasteiger partial charge in [-0.3, -0.25) is 14.5 Å². The molecule has 0 spiro atoms. The van der Waals surface area contributed by atoms with Crippen molar-refractivity contribution >= 4 is 63.5 Å². The van der Waals surface area contributed by atoms with Crippen molar-refractivity contribution in [3.63, 3.8) is 0 Å². The third kappa shape index (κ3) is 4.75. The minimum absolute atomic E-state index is 0.135. The molecule has 1 aromatic heterocycles. The van der Waals surface area contributed by atoms with Crippen molar-refractivity contribution in [2.24, 2.45) is 0 Å². The number of hydrogen-bond acceptors (Lipinski definition) is 5. The van der Waals surface area contributed by atoms with Gasteiger partial charge in [-0.25, -0.2) is 0 Å². The van der Waals surface area contributed by atoms with E-state index in [0.717, 1.165) is 0 Å². The zero-order valence-electron chi connectivity index (χ0n) is 13.6. The number of thiocarbonyl (C=S) groups is 1. The summed E-state index contributed by atoms with van der Waals surface area (Å²) in [5.41, 5.74) is 0.648. The maximum absolute atomic E-state index is 12.4. The van der Waals surface area contributed by atoms with Crippen LogP contribution in [-0.2, 0) is 9.59 Å². The molecule has 2 aromatic rings. The van der Waals surface area contributed by atoms with Gasteiger partial charge >= 0.3 is 0 Å². The number of rotatable bonds is 6. The number of nitrogens with zero attached hydrogens (tertiary/aromatic N) is 1. The van der Waals surface area contributed by atoms with Crippen LogP contribution in [-0.4, -0.2) is 27.6 Å². The Hall–Kier alpha value is -2.09. The Kier molecular flexibility index (Phi) is 6.13. The second-order valence-electron chi connectivity index (χ2n) is 5.51. The molecule has 5 nitrogen and oxygen atoms in total. The number of nitrogens with one attached hydrogen (secondary N) is 1. The van der Waals surface area contributed by atoms with E-state index in [2.05, 4.69) is 5.32 Å². The van der Waals surface area contributed by atoms with E-state index in [-0.39, 0.29) is 18.2 Å². The van der Waals surface area contributed by atoms with Crippen molar-refractivity contribution in [3.05, 3.63) is 58.3 Å². The number of furan rings is 1. The van der Waals surface area contributed by atoms with Crippen molar-refractivity contribution in [3.8, 4) is 0 Å². The van der Waals surface area contributed by atoms with Gasteiger partial charge in [-0.15, -0.1) is 0 Å². The lowest BCUT2D eigenvalue weighted by Gasteiger charge is -2.14. The van der Waals surface area contributed by atoms with Gasteiger partial charge in [0.05, 0.1) is 11.2 Å². The molecule has 1 N–H and O–H groups in total. The third-order valence-corrected chi connectivity index (χ3v) is 5.20. The highest BCUT2D eigenvalue weighted by atomic mass is 35.5. The van der Waals surface area contributed by atoms with Crippen LogP contribution in [0.1, 0.15) is 18.6 Å². The van der Waals surface area contributed by atoms with E-state index >= 15 is 0 Å². The highest BCUT2D eigenvalue weighted by Gasteiger charge is 2.31. The van der Waals surface area contributed by atoms with Gasteiger partial charge in [0.25, 0.3) is 5.91 Å². The van der Waals surface area contributed by atoms with Crippen molar-refractivity contribution in [2.45, 2.75) is 12.8 Å². The highest BCUT2D eigenvalue weighted by molar-refractivity contribution is 8.26. The summed E-state index contributed by atoms with van der Waals surface area (Å²) in [5.74, 6) is 0.307. The normalized spacial score (nSPS) is 15.7. The van der Waals surface area contributed by atoms with Gasteiger partial charge in [0, 0.05) is 29.8 Å². The van der Waals surface area contributed by atoms with Crippen molar-refractivity contribution in [2.75, 3.05) is 11.9 Å². The summed E-state index contributed by atoms with van der Waals surface area (Å²) in [7, 11) is 0. The molecule has 26 heavy (non-hydrogen) atoms. The van der Waals surface area contributed by atoms with Gasteiger partial charge in [0.2, 0.25) is 5.91 Å². The molecule has 1 aliphatic heterocycles. The van der Waals surface area contributed by atoms with Crippen LogP contribution in [0.2, 0.25) is 5.02 Å². The van der Waals surface area contributed by atoms with E-state index in [1.165, 1.54) is 16.7 Å². The SMILES string of the molecule is O=C(CCCN1C(=O)C(=Cc2ccco2)SC1=S)Nc1cccc(Cl)c1. The van der Waals surface area contributed by atoms with Crippen LogP contribution in [0.15, 0.2) is 52.0 Å². The predicted octanol–water partition coefficient (Wildman–Crippen LogP) is 4.55. The molecule has 0 bridgehead atoms. The predicted molar refractivity (Wildman–Crippen MR) is 108 cm³/mol. The van der Waals surface area contributed by atoms with Gasteiger partial charge in [0.15, 0.2) is 0 Å². The average Bonchev–Trinajstić information content (AvgIpc) is 3.19. The first-order chi connectivity index (χ1) is 12.5. The molecule has 0 atom stereocenters. The molecule has 0 radical (unpaired) electrons. The Morgan fingerprint density at radius 2 is 2.19 bits per heavy atom. The second kappa shape index (κ2) is 8.53. The number of thioether (sulfide) groups is 1. The zero-order valence-corrected chi connectivity index (χ0v) is 16.0. The van der Waals surface area contributed by atoms with E-state index in [9.17, 15) is 9.59 Å². The number of hydrogen-bond donors (Lipinski definition) is 1. The Bertz CT molecular complexity index is 865. The summed E-state index contributed by atoms with van der Waals surface area (Å²) in [6.07, 6.45) is 4.00. The largest absolute Gasteiger partial charge is 0.465 e. The van der Waals surface area contributed by atoms with E-state index in [4.69, 9.17) is 28.2 Å². The van der Waals surface area contributed by atoms with Crippen LogP contribution in [0, 0.1) is 0 Å². The number of benzene rings is 1. The Morgan fingerprint density at radius 1 is 1.35 bits per heavy atom.